The van der Waals surface area contributed by atoms with Crippen LogP contribution in [0.25, 0.3) is 22.3 Å². The monoisotopic (exact) mass is 716 g/mol. The lowest BCUT2D eigenvalue weighted by molar-refractivity contribution is -0.138. The standard InChI is InChI=1S/C37H42Cl2N8O3/c1-46-16-17-47(36(49)27-11-7-9-25(19-27)29-21-31(39)34(41)45-23-29)32(37(46)50)12-4-2-3-5-13-42-14-15-43-35(48)26-10-6-8-24(18-26)28-20-30(38)33(40)44-22-28/h6-11,18-23,32,42H,2-5,12-17H2,1H3,(H2,40,44)(H2,41,45)(H,43,48). The van der Waals surface area contributed by atoms with Crippen LogP contribution in [0.4, 0.5) is 11.6 Å². The summed E-state index contributed by atoms with van der Waals surface area (Å²) in [5, 5.41) is 7.04. The maximum Gasteiger partial charge on any atom is 0.254 e. The average Bonchev–Trinajstić information content (AvgIpc) is 3.12. The number of benzene rings is 2. The van der Waals surface area contributed by atoms with Crippen molar-refractivity contribution >= 4 is 52.6 Å². The van der Waals surface area contributed by atoms with Gasteiger partial charge in [0, 0.05) is 67.9 Å². The molecule has 50 heavy (non-hydrogen) atoms. The molecule has 0 bridgehead atoms. The lowest BCUT2D eigenvalue weighted by Crippen LogP contribution is -2.57. The Hall–Kier alpha value is -4.71. The fourth-order valence-corrected chi connectivity index (χ4v) is 6.25. The Bertz CT molecular complexity index is 1840. The molecular weight excluding hydrogens is 675 g/mol. The van der Waals surface area contributed by atoms with Crippen molar-refractivity contribution in [1.29, 1.82) is 0 Å². The van der Waals surface area contributed by atoms with E-state index in [0.29, 0.717) is 53.8 Å². The molecule has 0 radical (unpaired) electrons. The Balaban J connectivity index is 1.02. The number of nitrogens with two attached hydrogens (primary N) is 2. The van der Waals surface area contributed by atoms with Crippen molar-refractivity contribution in [2.75, 3.05) is 51.2 Å². The molecule has 0 saturated carbocycles. The Morgan fingerprint density at radius 3 is 2.02 bits per heavy atom. The molecule has 11 nitrogen and oxygen atoms in total. The molecule has 5 rings (SSSR count). The third kappa shape index (κ3) is 9.29. The number of amides is 3. The number of hydrogen-bond acceptors (Lipinski definition) is 8. The van der Waals surface area contributed by atoms with Gasteiger partial charge in [-0.3, -0.25) is 14.4 Å². The highest BCUT2D eigenvalue weighted by Gasteiger charge is 2.35. The molecule has 1 fully saturated rings. The van der Waals surface area contributed by atoms with Crippen LogP contribution in [0.3, 0.4) is 0 Å². The zero-order valence-corrected chi connectivity index (χ0v) is 29.5. The molecule has 2 aromatic carbocycles. The Kier molecular flexibility index (Phi) is 12.6. The molecule has 1 atom stereocenters. The van der Waals surface area contributed by atoms with E-state index in [9.17, 15) is 14.4 Å². The Labute approximate surface area is 302 Å². The largest absolute Gasteiger partial charge is 0.382 e. The SMILES string of the molecule is CN1CCN(C(=O)c2cccc(-c3cnc(N)c(Cl)c3)c2)C(CCCCCCNCCNC(=O)c2cccc(-c3cnc(N)c(Cl)c3)c2)C1=O. The lowest BCUT2D eigenvalue weighted by Gasteiger charge is -2.39. The van der Waals surface area contributed by atoms with Gasteiger partial charge in [-0.15, -0.1) is 0 Å². The molecule has 3 heterocycles. The van der Waals surface area contributed by atoms with Crippen molar-refractivity contribution in [1.82, 2.24) is 30.4 Å². The van der Waals surface area contributed by atoms with E-state index in [0.717, 1.165) is 54.5 Å². The third-order valence-corrected chi connectivity index (χ3v) is 9.39. The van der Waals surface area contributed by atoms with Gasteiger partial charge >= 0.3 is 0 Å². The van der Waals surface area contributed by atoms with Crippen molar-refractivity contribution in [3.63, 3.8) is 0 Å². The minimum absolute atomic E-state index is 0.0302. The summed E-state index contributed by atoms with van der Waals surface area (Å²) in [7, 11) is 1.79. The minimum atomic E-state index is -0.499. The maximum atomic E-state index is 13.7. The van der Waals surface area contributed by atoms with Gasteiger partial charge in [0.2, 0.25) is 5.91 Å². The first-order chi connectivity index (χ1) is 24.1. The van der Waals surface area contributed by atoms with Gasteiger partial charge in [-0.1, -0.05) is 66.7 Å². The number of hydrogen-bond donors (Lipinski definition) is 4. The van der Waals surface area contributed by atoms with Crippen molar-refractivity contribution < 1.29 is 14.4 Å². The number of pyridine rings is 2. The number of aromatic nitrogens is 2. The third-order valence-electron chi connectivity index (χ3n) is 8.78. The summed E-state index contributed by atoms with van der Waals surface area (Å²) < 4.78 is 0. The first-order valence-electron chi connectivity index (χ1n) is 16.7. The average molecular weight is 718 g/mol. The maximum absolute atomic E-state index is 13.7. The van der Waals surface area contributed by atoms with Crippen LogP contribution in [0.15, 0.2) is 73.1 Å². The smallest absolute Gasteiger partial charge is 0.254 e. The number of anilines is 2. The highest BCUT2D eigenvalue weighted by Crippen LogP contribution is 2.28. The van der Waals surface area contributed by atoms with Crippen molar-refractivity contribution in [3.8, 4) is 22.3 Å². The van der Waals surface area contributed by atoms with Crippen LogP contribution in [-0.2, 0) is 4.79 Å². The summed E-state index contributed by atoms with van der Waals surface area (Å²) in [4.78, 5) is 51.2. The highest BCUT2D eigenvalue weighted by atomic mass is 35.5. The molecule has 1 saturated heterocycles. The number of rotatable bonds is 14. The van der Waals surface area contributed by atoms with Gasteiger partial charge in [-0.2, -0.15) is 0 Å². The molecule has 0 spiro atoms. The van der Waals surface area contributed by atoms with E-state index in [4.69, 9.17) is 34.7 Å². The van der Waals surface area contributed by atoms with Gasteiger partial charge < -0.3 is 31.9 Å². The van der Waals surface area contributed by atoms with Crippen LogP contribution in [-0.4, -0.2) is 83.3 Å². The van der Waals surface area contributed by atoms with E-state index >= 15 is 0 Å². The van der Waals surface area contributed by atoms with Crippen LogP contribution in [0, 0.1) is 0 Å². The minimum Gasteiger partial charge on any atom is -0.382 e. The number of unbranched alkanes of at least 4 members (excludes halogenated alkanes) is 3. The van der Waals surface area contributed by atoms with Crippen LogP contribution in [0.5, 0.6) is 0 Å². The van der Waals surface area contributed by atoms with Gasteiger partial charge in [0.25, 0.3) is 11.8 Å². The number of nitrogens with zero attached hydrogens (tertiary/aromatic N) is 4. The molecule has 262 valence electrons. The van der Waals surface area contributed by atoms with E-state index < -0.39 is 6.04 Å². The zero-order valence-electron chi connectivity index (χ0n) is 28.0. The molecule has 13 heteroatoms. The summed E-state index contributed by atoms with van der Waals surface area (Å²) in [6.07, 6.45) is 7.59. The summed E-state index contributed by atoms with van der Waals surface area (Å²) in [6, 6.07) is 17.5. The van der Waals surface area contributed by atoms with Gasteiger partial charge in [0.05, 0.1) is 10.0 Å². The Morgan fingerprint density at radius 1 is 0.780 bits per heavy atom. The fourth-order valence-electron chi connectivity index (χ4n) is 5.92. The second-order valence-corrected chi connectivity index (χ2v) is 13.1. The van der Waals surface area contributed by atoms with Crippen LogP contribution >= 0.6 is 23.2 Å². The second-order valence-electron chi connectivity index (χ2n) is 12.3. The number of piperazine rings is 1. The van der Waals surface area contributed by atoms with Crippen molar-refractivity contribution in [3.05, 3.63) is 94.2 Å². The first kappa shape index (κ1) is 36.6. The highest BCUT2D eigenvalue weighted by molar-refractivity contribution is 6.33. The quantitative estimate of drug-likeness (QED) is 0.124. The normalized spacial score (nSPS) is 14.5. The van der Waals surface area contributed by atoms with Gasteiger partial charge in [-0.05, 0) is 66.9 Å². The number of nitrogens with one attached hydrogen (secondary N) is 2. The Morgan fingerprint density at radius 2 is 1.38 bits per heavy atom. The molecule has 4 aromatic rings. The number of carbonyl (C=O) groups excluding carboxylic acids is 3. The molecular formula is C37H42Cl2N8O3. The summed E-state index contributed by atoms with van der Waals surface area (Å²) in [5.41, 5.74) is 15.7. The molecule has 2 aromatic heterocycles. The first-order valence-corrected chi connectivity index (χ1v) is 17.5. The van der Waals surface area contributed by atoms with E-state index in [2.05, 4.69) is 20.6 Å². The summed E-state index contributed by atoms with van der Waals surface area (Å²) in [5.74, 6) is 0.160. The molecule has 0 aliphatic carbocycles. The predicted molar refractivity (Wildman–Crippen MR) is 199 cm³/mol. The molecule has 3 amide bonds. The molecule has 6 N–H and O–H groups in total. The van der Waals surface area contributed by atoms with Crippen LogP contribution < -0.4 is 22.1 Å². The fraction of sp³-hybridized carbons (Fsp3) is 0.324. The summed E-state index contributed by atoms with van der Waals surface area (Å²) in [6.45, 7) is 2.93. The molecule has 1 aliphatic heterocycles. The zero-order chi connectivity index (χ0) is 35.6. The van der Waals surface area contributed by atoms with E-state index in [1.807, 2.05) is 24.3 Å². The number of carbonyl (C=O) groups is 3. The van der Waals surface area contributed by atoms with E-state index in [1.165, 1.54) is 0 Å². The van der Waals surface area contributed by atoms with E-state index in [-0.39, 0.29) is 29.4 Å². The second kappa shape index (κ2) is 17.3. The predicted octanol–water partition coefficient (Wildman–Crippen LogP) is 5.53. The van der Waals surface area contributed by atoms with Gasteiger partial charge in [0.1, 0.15) is 17.7 Å². The number of halogens is 2. The van der Waals surface area contributed by atoms with E-state index in [1.54, 1.807) is 65.6 Å². The number of likely N-dealkylation sites (N-methyl/N-ethyl adjacent to an activating group) is 1. The summed E-state index contributed by atoms with van der Waals surface area (Å²) >= 11 is 12.3. The van der Waals surface area contributed by atoms with Crippen LogP contribution in [0.1, 0.15) is 52.8 Å². The lowest BCUT2D eigenvalue weighted by atomic mass is 10.00. The van der Waals surface area contributed by atoms with Gasteiger partial charge in [0.15, 0.2) is 0 Å². The van der Waals surface area contributed by atoms with Crippen LogP contribution in [0.2, 0.25) is 10.0 Å². The molecule has 1 unspecified atom stereocenters. The van der Waals surface area contributed by atoms with Crippen molar-refractivity contribution in [2.24, 2.45) is 0 Å². The topological polar surface area (TPSA) is 160 Å². The van der Waals surface area contributed by atoms with Gasteiger partial charge in [-0.25, -0.2) is 9.97 Å². The molecule has 1 aliphatic rings. The number of nitrogen functional groups attached to an aromatic ring is 2. The van der Waals surface area contributed by atoms with Crippen molar-refractivity contribution in [2.45, 2.75) is 38.1 Å².